The lowest BCUT2D eigenvalue weighted by atomic mass is 9.74. The van der Waals surface area contributed by atoms with E-state index in [-0.39, 0.29) is 5.41 Å². The summed E-state index contributed by atoms with van der Waals surface area (Å²) in [5, 5.41) is 18.7. The predicted molar refractivity (Wildman–Crippen MR) is 72.4 cm³/mol. The van der Waals surface area contributed by atoms with Crippen LogP contribution >= 0.6 is 0 Å². The first-order valence-corrected chi connectivity index (χ1v) is 5.86. The maximum atomic E-state index is 9.35. The number of nitrogens with zero attached hydrogens (tertiary/aromatic N) is 1. The van der Waals surface area contributed by atoms with Crippen LogP contribution in [-0.2, 0) is 12.0 Å². The summed E-state index contributed by atoms with van der Waals surface area (Å²) < 4.78 is 0. The van der Waals surface area contributed by atoms with E-state index in [2.05, 4.69) is 26.8 Å². The van der Waals surface area contributed by atoms with Gasteiger partial charge in [0.05, 0.1) is 0 Å². The SMILES string of the molecule is CN(C)Cc1cc(C(C)(C)C)ccc1B(O)O. The smallest absolute Gasteiger partial charge is 0.423 e. The van der Waals surface area contributed by atoms with Gasteiger partial charge in [0.25, 0.3) is 0 Å². The highest BCUT2D eigenvalue weighted by Crippen LogP contribution is 2.22. The Labute approximate surface area is 104 Å². The molecule has 1 aromatic rings. The molecular formula is C13H22BNO2. The third kappa shape index (κ3) is 3.84. The van der Waals surface area contributed by atoms with Crippen molar-refractivity contribution in [2.24, 2.45) is 0 Å². The molecule has 0 saturated carbocycles. The minimum Gasteiger partial charge on any atom is -0.423 e. The Morgan fingerprint density at radius 2 is 1.76 bits per heavy atom. The van der Waals surface area contributed by atoms with Crippen LogP contribution < -0.4 is 5.46 Å². The van der Waals surface area contributed by atoms with Crippen molar-refractivity contribution < 1.29 is 10.0 Å². The zero-order valence-corrected chi connectivity index (χ0v) is 11.4. The summed E-state index contributed by atoms with van der Waals surface area (Å²) in [7, 11) is 2.54. The van der Waals surface area contributed by atoms with Crippen molar-refractivity contribution in [3.05, 3.63) is 29.3 Å². The van der Waals surface area contributed by atoms with E-state index < -0.39 is 7.12 Å². The van der Waals surface area contributed by atoms with Crippen LogP contribution in [-0.4, -0.2) is 36.2 Å². The van der Waals surface area contributed by atoms with Gasteiger partial charge in [-0.15, -0.1) is 0 Å². The first-order valence-electron chi connectivity index (χ1n) is 5.86. The van der Waals surface area contributed by atoms with Crippen LogP contribution in [0, 0.1) is 0 Å². The normalized spacial score (nSPS) is 12.0. The van der Waals surface area contributed by atoms with Crippen molar-refractivity contribution in [3.63, 3.8) is 0 Å². The fourth-order valence-corrected chi connectivity index (χ4v) is 1.80. The molecule has 1 rings (SSSR count). The van der Waals surface area contributed by atoms with Gasteiger partial charge in [-0.2, -0.15) is 0 Å². The average Bonchev–Trinajstić information content (AvgIpc) is 2.14. The molecule has 0 bridgehead atoms. The van der Waals surface area contributed by atoms with Gasteiger partial charge < -0.3 is 14.9 Å². The lowest BCUT2D eigenvalue weighted by Gasteiger charge is -2.22. The molecule has 0 aliphatic heterocycles. The van der Waals surface area contributed by atoms with Crippen molar-refractivity contribution in [1.29, 1.82) is 0 Å². The zero-order chi connectivity index (χ0) is 13.2. The van der Waals surface area contributed by atoms with Crippen LogP contribution in [0.15, 0.2) is 18.2 Å². The van der Waals surface area contributed by atoms with E-state index in [1.165, 1.54) is 5.56 Å². The van der Waals surface area contributed by atoms with Gasteiger partial charge >= 0.3 is 7.12 Å². The maximum absolute atomic E-state index is 9.35. The summed E-state index contributed by atoms with van der Waals surface area (Å²) in [4.78, 5) is 2.02. The van der Waals surface area contributed by atoms with Crippen molar-refractivity contribution >= 4 is 12.6 Å². The second kappa shape index (κ2) is 5.21. The van der Waals surface area contributed by atoms with Gasteiger partial charge in [0.1, 0.15) is 0 Å². The van der Waals surface area contributed by atoms with Crippen molar-refractivity contribution in [3.8, 4) is 0 Å². The third-order valence-corrected chi connectivity index (χ3v) is 2.77. The van der Waals surface area contributed by atoms with E-state index in [1.54, 1.807) is 0 Å². The quantitative estimate of drug-likeness (QED) is 0.759. The third-order valence-electron chi connectivity index (χ3n) is 2.77. The first kappa shape index (κ1) is 14.2. The summed E-state index contributed by atoms with van der Waals surface area (Å²) in [6.45, 7) is 7.15. The van der Waals surface area contributed by atoms with E-state index in [9.17, 15) is 10.0 Å². The Kier molecular flexibility index (Phi) is 4.36. The summed E-state index contributed by atoms with van der Waals surface area (Å²) in [5.41, 5.74) is 2.84. The Balaban J connectivity index is 3.19. The second-order valence-electron chi connectivity index (χ2n) is 5.78. The van der Waals surface area contributed by atoms with Gasteiger partial charge in [0, 0.05) is 6.54 Å². The molecule has 0 radical (unpaired) electrons. The molecule has 1 aromatic carbocycles. The van der Waals surface area contributed by atoms with Crippen LogP contribution in [0.1, 0.15) is 31.9 Å². The molecule has 0 heterocycles. The zero-order valence-electron chi connectivity index (χ0n) is 11.4. The van der Waals surface area contributed by atoms with E-state index in [0.717, 1.165) is 5.56 Å². The van der Waals surface area contributed by atoms with Crippen LogP contribution in [0.3, 0.4) is 0 Å². The standard InChI is InChI=1S/C13H22BNO2/c1-13(2,3)11-6-7-12(14(16)17)10(8-11)9-15(4)5/h6-8,16-17H,9H2,1-5H3. The molecule has 0 saturated heterocycles. The monoisotopic (exact) mass is 235 g/mol. The first-order chi connectivity index (χ1) is 7.71. The molecule has 0 unspecified atom stereocenters. The van der Waals surface area contributed by atoms with Crippen LogP contribution in [0.5, 0.6) is 0 Å². The van der Waals surface area contributed by atoms with Crippen LogP contribution in [0.2, 0.25) is 0 Å². The van der Waals surface area contributed by atoms with E-state index in [1.807, 2.05) is 31.1 Å². The fourth-order valence-electron chi connectivity index (χ4n) is 1.80. The highest BCUT2D eigenvalue weighted by molar-refractivity contribution is 6.59. The second-order valence-corrected chi connectivity index (χ2v) is 5.78. The molecule has 0 fully saturated rings. The van der Waals surface area contributed by atoms with Crippen molar-refractivity contribution in [2.45, 2.75) is 32.7 Å². The summed E-state index contributed by atoms with van der Waals surface area (Å²) in [5.74, 6) is 0. The molecule has 0 aromatic heterocycles. The summed E-state index contributed by atoms with van der Waals surface area (Å²) in [6, 6.07) is 5.84. The molecule has 17 heavy (non-hydrogen) atoms. The van der Waals surface area contributed by atoms with Gasteiger partial charge in [-0.1, -0.05) is 39.0 Å². The van der Waals surface area contributed by atoms with Gasteiger partial charge in [0.15, 0.2) is 0 Å². The van der Waals surface area contributed by atoms with E-state index >= 15 is 0 Å². The molecule has 0 aliphatic rings. The Morgan fingerprint density at radius 1 is 1.18 bits per heavy atom. The number of rotatable bonds is 3. The lowest BCUT2D eigenvalue weighted by molar-refractivity contribution is 0.399. The number of hydrogen-bond acceptors (Lipinski definition) is 3. The molecular weight excluding hydrogens is 213 g/mol. The minimum atomic E-state index is -1.40. The maximum Gasteiger partial charge on any atom is 0.488 e. The Morgan fingerprint density at radius 3 is 2.18 bits per heavy atom. The van der Waals surface area contributed by atoms with Gasteiger partial charge in [-0.05, 0) is 36.1 Å². The number of hydrogen-bond donors (Lipinski definition) is 2. The lowest BCUT2D eigenvalue weighted by Crippen LogP contribution is -2.35. The topological polar surface area (TPSA) is 43.7 Å². The molecule has 3 nitrogen and oxygen atoms in total. The predicted octanol–water partition coefficient (Wildman–Crippen LogP) is 0.725. The molecule has 2 N–H and O–H groups in total. The summed E-state index contributed by atoms with van der Waals surface area (Å²) in [6.07, 6.45) is 0. The van der Waals surface area contributed by atoms with E-state index in [4.69, 9.17) is 0 Å². The molecule has 0 spiro atoms. The molecule has 0 aliphatic carbocycles. The Hall–Kier alpha value is -0.835. The van der Waals surface area contributed by atoms with Gasteiger partial charge in [-0.3, -0.25) is 0 Å². The highest BCUT2D eigenvalue weighted by Gasteiger charge is 2.20. The van der Waals surface area contributed by atoms with Crippen LogP contribution in [0.25, 0.3) is 0 Å². The fraction of sp³-hybridized carbons (Fsp3) is 0.538. The van der Waals surface area contributed by atoms with Crippen molar-refractivity contribution in [1.82, 2.24) is 4.90 Å². The largest absolute Gasteiger partial charge is 0.488 e. The molecule has 0 amide bonds. The Bertz CT molecular complexity index is 383. The summed E-state index contributed by atoms with van der Waals surface area (Å²) >= 11 is 0. The molecule has 94 valence electrons. The number of benzene rings is 1. The molecule has 4 heteroatoms. The van der Waals surface area contributed by atoms with Gasteiger partial charge in [-0.25, -0.2) is 0 Å². The van der Waals surface area contributed by atoms with Gasteiger partial charge in [0.2, 0.25) is 0 Å². The van der Waals surface area contributed by atoms with Crippen LogP contribution in [0.4, 0.5) is 0 Å². The highest BCUT2D eigenvalue weighted by atomic mass is 16.4. The molecule has 0 atom stereocenters. The van der Waals surface area contributed by atoms with Crippen molar-refractivity contribution in [2.75, 3.05) is 14.1 Å². The average molecular weight is 235 g/mol. The van der Waals surface area contributed by atoms with E-state index in [0.29, 0.717) is 12.0 Å². The minimum absolute atomic E-state index is 0.0694.